The van der Waals surface area contributed by atoms with Gasteiger partial charge < -0.3 is 15.4 Å². The number of hydrogen-bond donors (Lipinski definition) is 3. The minimum absolute atomic E-state index is 0.0149. The summed E-state index contributed by atoms with van der Waals surface area (Å²) in [7, 11) is 0. The number of hydrogen-bond acceptors (Lipinski definition) is 3. The highest BCUT2D eigenvalue weighted by Gasteiger charge is 2.08. The van der Waals surface area contributed by atoms with E-state index < -0.39 is 0 Å². The monoisotopic (exact) mass is 244 g/mol. The van der Waals surface area contributed by atoms with Gasteiger partial charge in [-0.1, -0.05) is 18.2 Å². The molecule has 0 unspecified atom stereocenters. The van der Waals surface area contributed by atoms with Crippen molar-refractivity contribution in [3.05, 3.63) is 58.5 Å². The summed E-state index contributed by atoms with van der Waals surface area (Å²) >= 11 is 0. The lowest BCUT2D eigenvalue weighted by Crippen LogP contribution is -2.19. The van der Waals surface area contributed by atoms with Crippen LogP contribution in [-0.4, -0.2) is 16.0 Å². The third-order valence-electron chi connectivity index (χ3n) is 2.44. The van der Waals surface area contributed by atoms with E-state index in [2.05, 4.69) is 10.3 Å². The van der Waals surface area contributed by atoms with Crippen molar-refractivity contribution in [3.8, 4) is 5.75 Å². The van der Waals surface area contributed by atoms with E-state index in [9.17, 15) is 14.7 Å². The second-order valence-corrected chi connectivity index (χ2v) is 3.78. The fourth-order valence-electron chi connectivity index (χ4n) is 1.54. The summed E-state index contributed by atoms with van der Waals surface area (Å²) in [5, 5.41) is 12.0. The number of H-pyrrole nitrogens is 1. The molecule has 92 valence electrons. The second kappa shape index (κ2) is 5.18. The first-order valence-corrected chi connectivity index (χ1v) is 5.40. The SMILES string of the molecule is O=C(Cc1ccccc1O)Nc1c[nH]ccc1=O. The Labute approximate surface area is 103 Å². The highest BCUT2D eigenvalue weighted by atomic mass is 16.3. The Morgan fingerprint density at radius 1 is 1.28 bits per heavy atom. The molecule has 1 aromatic heterocycles. The van der Waals surface area contributed by atoms with Crippen molar-refractivity contribution < 1.29 is 9.90 Å². The van der Waals surface area contributed by atoms with Gasteiger partial charge in [-0.05, 0) is 6.07 Å². The molecule has 0 atom stereocenters. The molecular formula is C13H12N2O3. The molecule has 0 aliphatic heterocycles. The van der Waals surface area contributed by atoms with Crippen molar-refractivity contribution in [2.45, 2.75) is 6.42 Å². The average molecular weight is 244 g/mol. The van der Waals surface area contributed by atoms with Crippen LogP contribution in [0.1, 0.15) is 5.56 Å². The number of carbonyl (C=O) groups is 1. The highest BCUT2D eigenvalue weighted by molar-refractivity contribution is 5.92. The number of aromatic amines is 1. The highest BCUT2D eigenvalue weighted by Crippen LogP contribution is 2.16. The normalized spacial score (nSPS) is 10.0. The minimum atomic E-state index is -0.354. The number of phenols is 1. The average Bonchev–Trinajstić information content (AvgIpc) is 2.35. The van der Waals surface area contributed by atoms with Gasteiger partial charge in [-0.25, -0.2) is 0 Å². The predicted molar refractivity (Wildman–Crippen MR) is 67.5 cm³/mol. The lowest BCUT2D eigenvalue weighted by molar-refractivity contribution is -0.115. The summed E-state index contributed by atoms with van der Waals surface area (Å²) < 4.78 is 0. The van der Waals surface area contributed by atoms with E-state index in [-0.39, 0.29) is 29.2 Å². The maximum absolute atomic E-state index is 11.7. The molecule has 2 aromatic rings. The largest absolute Gasteiger partial charge is 0.508 e. The van der Waals surface area contributed by atoms with Crippen LogP contribution in [-0.2, 0) is 11.2 Å². The molecule has 0 aliphatic rings. The van der Waals surface area contributed by atoms with Crippen molar-refractivity contribution in [2.75, 3.05) is 5.32 Å². The van der Waals surface area contributed by atoms with Crippen molar-refractivity contribution in [2.24, 2.45) is 0 Å². The molecule has 0 saturated carbocycles. The lowest BCUT2D eigenvalue weighted by atomic mass is 10.1. The first-order chi connectivity index (χ1) is 8.66. The van der Waals surface area contributed by atoms with E-state index in [0.717, 1.165) is 0 Å². The summed E-state index contributed by atoms with van der Waals surface area (Å²) in [6.45, 7) is 0. The van der Waals surface area contributed by atoms with Gasteiger partial charge in [-0.3, -0.25) is 9.59 Å². The molecule has 1 aromatic carbocycles. The molecule has 5 heteroatoms. The van der Waals surface area contributed by atoms with E-state index in [1.54, 1.807) is 18.2 Å². The van der Waals surface area contributed by atoms with Crippen LogP contribution in [0.2, 0.25) is 0 Å². The number of phenolic OH excluding ortho intramolecular Hbond substituents is 1. The van der Waals surface area contributed by atoms with Crippen LogP contribution in [0.5, 0.6) is 5.75 Å². The Morgan fingerprint density at radius 3 is 2.78 bits per heavy atom. The molecule has 1 heterocycles. The van der Waals surface area contributed by atoms with Gasteiger partial charge in [0.15, 0.2) is 0 Å². The maximum Gasteiger partial charge on any atom is 0.229 e. The van der Waals surface area contributed by atoms with Gasteiger partial charge in [-0.15, -0.1) is 0 Å². The number of carbonyl (C=O) groups excluding carboxylic acids is 1. The third-order valence-corrected chi connectivity index (χ3v) is 2.44. The van der Waals surface area contributed by atoms with Gasteiger partial charge in [0.1, 0.15) is 11.4 Å². The molecule has 2 rings (SSSR count). The molecule has 0 spiro atoms. The Kier molecular flexibility index (Phi) is 3.43. The molecule has 5 nitrogen and oxygen atoms in total. The number of anilines is 1. The summed E-state index contributed by atoms with van der Waals surface area (Å²) in [6.07, 6.45) is 2.92. The van der Waals surface area contributed by atoms with Gasteiger partial charge in [0.2, 0.25) is 11.3 Å². The van der Waals surface area contributed by atoms with Crippen molar-refractivity contribution in [1.82, 2.24) is 4.98 Å². The van der Waals surface area contributed by atoms with Crippen LogP contribution in [0, 0.1) is 0 Å². The van der Waals surface area contributed by atoms with Gasteiger partial charge in [0, 0.05) is 24.0 Å². The smallest absolute Gasteiger partial charge is 0.229 e. The first kappa shape index (κ1) is 11.9. The number of para-hydroxylation sites is 1. The molecular weight excluding hydrogens is 232 g/mol. The molecule has 0 fully saturated rings. The third kappa shape index (κ3) is 2.76. The van der Waals surface area contributed by atoms with Gasteiger partial charge in [0.05, 0.1) is 6.42 Å². The zero-order valence-corrected chi connectivity index (χ0v) is 9.51. The number of aromatic nitrogens is 1. The fourth-order valence-corrected chi connectivity index (χ4v) is 1.54. The maximum atomic E-state index is 11.7. The summed E-state index contributed by atoms with van der Waals surface area (Å²) in [5.74, 6) is -0.289. The molecule has 1 amide bonds. The summed E-state index contributed by atoms with van der Waals surface area (Å²) in [5.41, 5.74) is 0.444. The standard InChI is InChI=1S/C13H12N2O3/c16-11-4-2-1-3-9(11)7-13(18)15-10-8-14-6-5-12(10)17/h1-6,8,16H,7H2,(H,14,17)(H,15,18). The number of rotatable bonds is 3. The number of nitrogens with one attached hydrogen (secondary N) is 2. The van der Waals surface area contributed by atoms with Crippen LogP contribution in [0.4, 0.5) is 5.69 Å². The minimum Gasteiger partial charge on any atom is -0.508 e. The number of amides is 1. The number of aromatic hydroxyl groups is 1. The molecule has 18 heavy (non-hydrogen) atoms. The predicted octanol–water partition coefficient (Wildman–Crippen LogP) is 1.26. The van der Waals surface area contributed by atoms with Crippen molar-refractivity contribution in [1.29, 1.82) is 0 Å². The van der Waals surface area contributed by atoms with Crippen molar-refractivity contribution in [3.63, 3.8) is 0 Å². The molecule has 3 N–H and O–H groups in total. The Hall–Kier alpha value is -2.56. The van der Waals surface area contributed by atoms with E-state index in [0.29, 0.717) is 5.56 Å². The van der Waals surface area contributed by atoms with E-state index in [4.69, 9.17) is 0 Å². The van der Waals surface area contributed by atoms with E-state index >= 15 is 0 Å². The van der Waals surface area contributed by atoms with E-state index in [1.165, 1.54) is 24.5 Å². The topological polar surface area (TPSA) is 82.2 Å². The summed E-state index contributed by atoms with van der Waals surface area (Å²) in [6, 6.07) is 7.91. The van der Waals surface area contributed by atoms with Crippen LogP contribution in [0.3, 0.4) is 0 Å². The van der Waals surface area contributed by atoms with Gasteiger partial charge in [-0.2, -0.15) is 0 Å². The van der Waals surface area contributed by atoms with Gasteiger partial charge in [0.25, 0.3) is 0 Å². The summed E-state index contributed by atoms with van der Waals surface area (Å²) in [4.78, 5) is 25.8. The Balaban J connectivity index is 2.09. The molecule has 0 radical (unpaired) electrons. The Morgan fingerprint density at radius 2 is 2.06 bits per heavy atom. The number of pyridine rings is 1. The molecule has 0 aliphatic carbocycles. The lowest BCUT2D eigenvalue weighted by Gasteiger charge is -2.05. The first-order valence-electron chi connectivity index (χ1n) is 5.40. The van der Waals surface area contributed by atoms with Crippen molar-refractivity contribution >= 4 is 11.6 Å². The van der Waals surface area contributed by atoms with E-state index in [1.807, 2.05) is 0 Å². The molecule has 0 saturated heterocycles. The molecule has 0 bridgehead atoms. The zero-order valence-electron chi connectivity index (χ0n) is 9.51. The van der Waals surface area contributed by atoms with Crippen LogP contribution < -0.4 is 10.7 Å². The fraction of sp³-hybridized carbons (Fsp3) is 0.0769. The quantitative estimate of drug-likeness (QED) is 0.760. The van der Waals surface area contributed by atoms with Gasteiger partial charge >= 0.3 is 0 Å². The Bertz CT molecular complexity index is 619. The second-order valence-electron chi connectivity index (χ2n) is 3.78. The number of benzene rings is 1. The van der Waals surface area contributed by atoms with Crippen LogP contribution in [0.15, 0.2) is 47.5 Å². The van der Waals surface area contributed by atoms with Crippen LogP contribution in [0.25, 0.3) is 0 Å². The van der Waals surface area contributed by atoms with Crippen LogP contribution >= 0.6 is 0 Å². The zero-order chi connectivity index (χ0) is 13.0.